The van der Waals surface area contributed by atoms with Crippen LogP contribution < -0.4 is 5.32 Å². The lowest BCUT2D eigenvalue weighted by molar-refractivity contribution is -0.384. The van der Waals surface area contributed by atoms with Gasteiger partial charge >= 0.3 is 0 Å². The van der Waals surface area contributed by atoms with Crippen LogP contribution in [-0.2, 0) is 0 Å². The van der Waals surface area contributed by atoms with Crippen molar-refractivity contribution in [3.8, 4) is 0 Å². The number of nitrogens with one attached hydrogen (secondary N) is 1. The Morgan fingerprint density at radius 3 is 2.76 bits per heavy atom. The molecule has 1 N–H and O–H groups in total. The normalized spacial score (nSPS) is 16.9. The van der Waals surface area contributed by atoms with Gasteiger partial charge in [0, 0.05) is 13.1 Å². The standard InChI is InChI=1S/C14H19ClFN3O2/c1-10(9-18-4-2-3-5-18)8-17-13-6-11(15)12(16)7-14(13)19(20)21/h6-7,10,17H,2-5,8-9H2,1H3. The lowest BCUT2D eigenvalue weighted by Gasteiger charge is -2.20. The van der Waals surface area contributed by atoms with E-state index >= 15 is 0 Å². The fraction of sp³-hybridized carbons (Fsp3) is 0.571. The van der Waals surface area contributed by atoms with Gasteiger partial charge in [-0.2, -0.15) is 0 Å². The molecule has 5 nitrogen and oxygen atoms in total. The predicted octanol–water partition coefficient (Wildman–Crippen LogP) is 3.53. The molecule has 1 saturated heterocycles. The fourth-order valence-electron chi connectivity index (χ4n) is 2.58. The topological polar surface area (TPSA) is 58.4 Å². The van der Waals surface area contributed by atoms with E-state index in [1.807, 2.05) is 0 Å². The third kappa shape index (κ3) is 4.28. The van der Waals surface area contributed by atoms with Gasteiger partial charge in [-0.05, 0) is 37.9 Å². The maximum Gasteiger partial charge on any atom is 0.295 e. The molecule has 1 fully saturated rings. The van der Waals surface area contributed by atoms with Crippen LogP contribution in [0.4, 0.5) is 15.8 Å². The van der Waals surface area contributed by atoms with Crippen molar-refractivity contribution in [3.63, 3.8) is 0 Å². The third-order valence-corrected chi connectivity index (χ3v) is 3.93. The zero-order valence-corrected chi connectivity index (χ0v) is 12.7. The second-order valence-electron chi connectivity index (χ2n) is 5.53. The Labute approximate surface area is 128 Å². The minimum Gasteiger partial charge on any atom is -0.379 e. The van der Waals surface area contributed by atoms with Gasteiger partial charge < -0.3 is 10.2 Å². The van der Waals surface area contributed by atoms with Crippen LogP contribution in [0, 0.1) is 21.8 Å². The molecule has 2 rings (SSSR count). The number of anilines is 1. The SMILES string of the molecule is CC(CNc1cc(Cl)c(F)cc1[N+](=O)[O-])CN1CCCC1. The van der Waals surface area contributed by atoms with Gasteiger partial charge in [0.25, 0.3) is 5.69 Å². The van der Waals surface area contributed by atoms with Gasteiger partial charge in [-0.25, -0.2) is 4.39 Å². The molecular weight excluding hydrogens is 297 g/mol. The molecule has 21 heavy (non-hydrogen) atoms. The molecule has 1 atom stereocenters. The van der Waals surface area contributed by atoms with E-state index in [1.165, 1.54) is 18.9 Å². The molecule has 0 radical (unpaired) electrons. The minimum absolute atomic E-state index is 0.115. The van der Waals surface area contributed by atoms with E-state index < -0.39 is 10.7 Å². The van der Waals surface area contributed by atoms with Gasteiger partial charge in [0.2, 0.25) is 0 Å². The summed E-state index contributed by atoms with van der Waals surface area (Å²) in [6, 6.07) is 2.13. The summed E-state index contributed by atoms with van der Waals surface area (Å²) in [5.74, 6) is -0.439. The zero-order chi connectivity index (χ0) is 15.4. The molecule has 1 heterocycles. The molecule has 0 saturated carbocycles. The summed E-state index contributed by atoms with van der Waals surface area (Å²) in [7, 11) is 0. The van der Waals surface area contributed by atoms with E-state index in [0.29, 0.717) is 12.5 Å². The summed E-state index contributed by atoms with van der Waals surface area (Å²) in [5.41, 5.74) is -0.0232. The quantitative estimate of drug-likeness (QED) is 0.644. The maximum atomic E-state index is 13.3. The van der Waals surface area contributed by atoms with Crippen molar-refractivity contribution >= 4 is 23.0 Å². The average molecular weight is 316 g/mol. The van der Waals surface area contributed by atoms with Crippen molar-refractivity contribution in [2.75, 3.05) is 31.5 Å². The van der Waals surface area contributed by atoms with E-state index in [1.54, 1.807) is 0 Å². The van der Waals surface area contributed by atoms with E-state index in [4.69, 9.17) is 11.6 Å². The van der Waals surface area contributed by atoms with Crippen LogP contribution in [0.3, 0.4) is 0 Å². The summed E-state index contributed by atoms with van der Waals surface area (Å²) >= 11 is 5.70. The van der Waals surface area contributed by atoms with Crippen LogP contribution >= 0.6 is 11.6 Å². The van der Waals surface area contributed by atoms with Crippen LogP contribution in [0.1, 0.15) is 19.8 Å². The number of likely N-dealkylation sites (tertiary alicyclic amines) is 1. The highest BCUT2D eigenvalue weighted by Crippen LogP contribution is 2.30. The number of halogens is 2. The number of benzene rings is 1. The first-order valence-corrected chi connectivity index (χ1v) is 7.45. The summed E-state index contributed by atoms with van der Waals surface area (Å²) in [4.78, 5) is 12.7. The minimum atomic E-state index is -0.779. The molecule has 1 aromatic rings. The Morgan fingerprint density at radius 1 is 1.48 bits per heavy atom. The predicted molar refractivity (Wildman–Crippen MR) is 81.4 cm³/mol. The molecule has 0 bridgehead atoms. The Morgan fingerprint density at radius 2 is 2.14 bits per heavy atom. The summed E-state index contributed by atoms with van der Waals surface area (Å²) < 4.78 is 13.3. The van der Waals surface area contributed by atoms with Crippen LogP contribution in [-0.4, -0.2) is 36.0 Å². The zero-order valence-electron chi connectivity index (χ0n) is 11.9. The molecule has 0 amide bonds. The van der Waals surface area contributed by atoms with E-state index in [-0.39, 0.29) is 16.4 Å². The maximum absolute atomic E-state index is 13.3. The Hall–Kier alpha value is -1.40. The van der Waals surface area contributed by atoms with Gasteiger partial charge in [-0.3, -0.25) is 10.1 Å². The summed E-state index contributed by atoms with van der Waals surface area (Å²) in [5, 5.41) is 13.9. The van der Waals surface area contributed by atoms with Crippen molar-refractivity contribution < 1.29 is 9.31 Å². The van der Waals surface area contributed by atoms with Crippen molar-refractivity contribution in [2.45, 2.75) is 19.8 Å². The number of nitrogens with zero attached hydrogens (tertiary/aromatic N) is 2. The molecule has 0 spiro atoms. The largest absolute Gasteiger partial charge is 0.379 e. The first-order chi connectivity index (χ1) is 9.97. The smallest absolute Gasteiger partial charge is 0.295 e. The Bertz CT molecular complexity index is 521. The van der Waals surface area contributed by atoms with Gasteiger partial charge in [-0.1, -0.05) is 18.5 Å². The molecule has 1 aliphatic rings. The highest BCUT2D eigenvalue weighted by Gasteiger charge is 2.19. The van der Waals surface area contributed by atoms with Gasteiger partial charge in [0.05, 0.1) is 16.0 Å². The molecular formula is C14H19ClFN3O2. The number of nitro groups is 1. The Kier molecular flexibility index (Phi) is 5.36. The molecule has 0 aliphatic carbocycles. The highest BCUT2D eigenvalue weighted by atomic mass is 35.5. The Balaban J connectivity index is 1.98. The molecule has 1 aromatic carbocycles. The van der Waals surface area contributed by atoms with Gasteiger partial charge in [0.1, 0.15) is 11.5 Å². The second kappa shape index (κ2) is 7.04. The van der Waals surface area contributed by atoms with E-state index in [0.717, 1.165) is 25.7 Å². The average Bonchev–Trinajstić information content (AvgIpc) is 2.92. The van der Waals surface area contributed by atoms with Crippen molar-refractivity contribution in [3.05, 3.63) is 33.1 Å². The van der Waals surface area contributed by atoms with Crippen LogP contribution in [0.2, 0.25) is 5.02 Å². The van der Waals surface area contributed by atoms with E-state index in [2.05, 4.69) is 17.1 Å². The fourth-order valence-corrected chi connectivity index (χ4v) is 2.75. The molecule has 0 aromatic heterocycles. The van der Waals surface area contributed by atoms with Crippen LogP contribution in [0.25, 0.3) is 0 Å². The van der Waals surface area contributed by atoms with Gasteiger partial charge in [-0.15, -0.1) is 0 Å². The first-order valence-electron chi connectivity index (χ1n) is 7.07. The van der Waals surface area contributed by atoms with Crippen molar-refractivity contribution in [1.29, 1.82) is 0 Å². The summed E-state index contributed by atoms with van der Waals surface area (Å²) in [6.45, 7) is 5.86. The van der Waals surface area contributed by atoms with Gasteiger partial charge in [0.15, 0.2) is 0 Å². The van der Waals surface area contributed by atoms with Crippen molar-refractivity contribution in [2.24, 2.45) is 5.92 Å². The number of nitro benzene ring substituents is 1. The van der Waals surface area contributed by atoms with Crippen molar-refractivity contribution in [1.82, 2.24) is 4.90 Å². The van der Waals surface area contributed by atoms with Crippen LogP contribution in [0.5, 0.6) is 0 Å². The number of hydrogen-bond acceptors (Lipinski definition) is 4. The number of rotatable bonds is 6. The number of hydrogen-bond donors (Lipinski definition) is 1. The lowest BCUT2D eigenvalue weighted by atomic mass is 10.1. The first kappa shape index (κ1) is 16.0. The third-order valence-electron chi connectivity index (χ3n) is 3.64. The second-order valence-corrected chi connectivity index (χ2v) is 5.94. The molecule has 116 valence electrons. The van der Waals surface area contributed by atoms with Crippen LogP contribution in [0.15, 0.2) is 12.1 Å². The molecule has 7 heteroatoms. The highest BCUT2D eigenvalue weighted by molar-refractivity contribution is 6.31. The lowest BCUT2D eigenvalue weighted by Crippen LogP contribution is -2.29. The van der Waals surface area contributed by atoms with E-state index in [9.17, 15) is 14.5 Å². The molecule has 1 aliphatic heterocycles. The monoisotopic (exact) mass is 315 g/mol. The molecule has 1 unspecified atom stereocenters. The summed E-state index contributed by atoms with van der Waals surface area (Å²) in [6.07, 6.45) is 2.47.